The minimum absolute atomic E-state index is 0.234. The number of methoxy groups -OCH3 is 1. The van der Waals surface area contributed by atoms with Crippen LogP contribution in [0.25, 0.3) is 5.76 Å². The maximum absolute atomic E-state index is 12.2. The van der Waals surface area contributed by atoms with Crippen molar-refractivity contribution in [2.24, 2.45) is 0 Å². The quantitative estimate of drug-likeness (QED) is 0.359. The number of thiophene rings is 1. The molecule has 0 bridgehead atoms. The normalized spacial score (nSPS) is 27.9. The van der Waals surface area contributed by atoms with Crippen molar-refractivity contribution >= 4 is 34.4 Å². The van der Waals surface area contributed by atoms with E-state index in [0.717, 1.165) is 25.5 Å². The average Bonchev–Trinajstić information content (AvgIpc) is 2.74. The van der Waals surface area contributed by atoms with Crippen molar-refractivity contribution in [3.8, 4) is 0 Å². The van der Waals surface area contributed by atoms with Gasteiger partial charge in [-0.1, -0.05) is 0 Å². The summed E-state index contributed by atoms with van der Waals surface area (Å²) < 4.78 is 14.9. The van der Waals surface area contributed by atoms with Crippen LogP contribution in [-0.4, -0.2) is 33.8 Å². The predicted octanol–water partition coefficient (Wildman–Crippen LogP) is 1.13. The van der Waals surface area contributed by atoms with Gasteiger partial charge in [-0.05, 0) is 5.38 Å². The minimum atomic E-state index is -1.99. The van der Waals surface area contributed by atoms with Crippen molar-refractivity contribution in [3.05, 3.63) is 27.2 Å². The Balaban J connectivity index is 2.69. The summed E-state index contributed by atoms with van der Waals surface area (Å²) in [5.74, 6) is -1.44. The molecule has 1 N–H and O–H groups in total. The van der Waals surface area contributed by atoms with E-state index in [4.69, 9.17) is 0 Å². The third-order valence-corrected chi connectivity index (χ3v) is 4.94. The summed E-state index contributed by atoms with van der Waals surface area (Å²) in [6.07, 6.45) is 0. The number of rotatable bonds is 1. The van der Waals surface area contributed by atoms with Crippen LogP contribution >= 0.6 is 11.3 Å². The summed E-state index contributed by atoms with van der Waals surface area (Å²) >= 11 is -0.882. The highest BCUT2D eigenvalue weighted by Gasteiger charge is 2.49. The Kier molecular flexibility index (Phi) is 2.92. The number of quaternary nitrogens is 1. The maximum atomic E-state index is 12.2. The van der Waals surface area contributed by atoms with Gasteiger partial charge in [0.15, 0.2) is 11.4 Å². The standard InChI is InChI=1S/C9H9NO5S2/c1-10(13)6(9(12)15-2)7(11)8-5(17(10)14)3-4-16-8/h3-4,11H,1-2H3. The first kappa shape index (κ1) is 12.4. The van der Waals surface area contributed by atoms with E-state index in [2.05, 4.69) is 4.74 Å². The number of esters is 1. The van der Waals surface area contributed by atoms with Gasteiger partial charge in [0.1, 0.15) is 11.9 Å². The van der Waals surface area contributed by atoms with Crippen LogP contribution < -0.4 is 0 Å². The summed E-state index contributed by atoms with van der Waals surface area (Å²) in [5, 5.41) is 23.7. The van der Waals surface area contributed by atoms with E-state index in [-0.39, 0.29) is 9.77 Å². The van der Waals surface area contributed by atoms with E-state index >= 15 is 0 Å². The van der Waals surface area contributed by atoms with Gasteiger partial charge < -0.3 is 19.6 Å². The molecule has 1 aliphatic heterocycles. The molecule has 1 aromatic heterocycles. The fraction of sp³-hybridized carbons (Fsp3) is 0.222. The first-order chi connectivity index (χ1) is 7.91. The summed E-state index contributed by atoms with van der Waals surface area (Å²) in [7, 11) is 2.13. The number of nitrogens with zero attached hydrogens (tertiary/aromatic N) is 1. The fourth-order valence-electron chi connectivity index (χ4n) is 1.54. The van der Waals surface area contributed by atoms with Gasteiger partial charge in [-0.2, -0.15) is 0 Å². The Bertz CT molecular complexity index is 507. The molecule has 0 aromatic carbocycles. The van der Waals surface area contributed by atoms with E-state index < -0.39 is 32.8 Å². The van der Waals surface area contributed by atoms with Gasteiger partial charge in [-0.3, -0.25) is 0 Å². The van der Waals surface area contributed by atoms with Crippen molar-refractivity contribution in [2.45, 2.75) is 4.90 Å². The molecular formula is C9H9NO5S2. The van der Waals surface area contributed by atoms with Gasteiger partial charge in [0.25, 0.3) is 0 Å². The zero-order valence-electron chi connectivity index (χ0n) is 9.00. The van der Waals surface area contributed by atoms with Gasteiger partial charge in [0, 0.05) is 6.07 Å². The molecule has 17 heavy (non-hydrogen) atoms. The molecule has 6 nitrogen and oxygen atoms in total. The molecule has 0 spiro atoms. The van der Waals surface area contributed by atoms with Crippen LogP contribution in [0.4, 0.5) is 0 Å². The molecule has 0 saturated carbocycles. The third kappa shape index (κ3) is 1.65. The molecule has 2 rings (SSSR count). The summed E-state index contributed by atoms with van der Waals surface area (Å²) in [6, 6.07) is 1.49. The minimum Gasteiger partial charge on any atom is -0.581 e. The van der Waals surface area contributed by atoms with Gasteiger partial charge in [-0.15, -0.1) is 15.4 Å². The van der Waals surface area contributed by atoms with E-state index in [1.54, 1.807) is 5.38 Å². The third-order valence-electron chi connectivity index (χ3n) is 2.36. The first-order valence-corrected chi connectivity index (χ1v) is 6.50. The summed E-state index contributed by atoms with van der Waals surface area (Å²) in [6.45, 7) is 0. The van der Waals surface area contributed by atoms with E-state index in [1.165, 1.54) is 6.07 Å². The van der Waals surface area contributed by atoms with Gasteiger partial charge in [-0.25, -0.2) is 4.79 Å². The molecule has 2 unspecified atom stereocenters. The lowest BCUT2D eigenvalue weighted by atomic mass is 10.3. The van der Waals surface area contributed by atoms with Crippen LogP contribution in [0.15, 0.2) is 22.0 Å². The number of hydroxylamine groups is 2. The molecule has 0 radical (unpaired) electrons. The lowest BCUT2D eigenvalue weighted by molar-refractivity contribution is -0.681. The van der Waals surface area contributed by atoms with Gasteiger partial charge >= 0.3 is 11.7 Å². The first-order valence-electron chi connectivity index (χ1n) is 4.51. The smallest absolute Gasteiger partial charge is 0.401 e. The average molecular weight is 275 g/mol. The number of likely N-dealkylation sites (N-methyl/N-ethyl adjacent to an activating group) is 1. The molecule has 1 aliphatic rings. The van der Waals surface area contributed by atoms with Crippen molar-refractivity contribution < 1.29 is 23.2 Å². The highest BCUT2D eigenvalue weighted by molar-refractivity contribution is 7.86. The zero-order chi connectivity index (χ0) is 12.8. The van der Waals surface area contributed by atoms with E-state index in [1.807, 2.05) is 0 Å². The lowest BCUT2D eigenvalue weighted by Crippen LogP contribution is -2.48. The highest BCUT2D eigenvalue weighted by atomic mass is 32.2. The number of carbonyl (C=O) groups excluding carboxylic acids is 1. The van der Waals surface area contributed by atoms with E-state index in [9.17, 15) is 19.7 Å². The van der Waals surface area contributed by atoms with Crippen molar-refractivity contribution in [3.63, 3.8) is 0 Å². The van der Waals surface area contributed by atoms with Crippen LogP contribution in [-0.2, 0) is 20.9 Å². The fourth-order valence-corrected chi connectivity index (χ4v) is 3.86. The Morgan fingerprint density at radius 3 is 2.88 bits per heavy atom. The molecule has 92 valence electrons. The molecule has 0 fully saturated rings. The van der Waals surface area contributed by atoms with Gasteiger partial charge in [0.05, 0.1) is 7.11 Å². The second-order valence-electron chi connectivity index (χ2n) is 3.40. The number of fused-ring (bicyclic) bond motifs is 1. The SMILES string of the molecule is COC(=O)C1=C(O)c2sccc2[S+]([O-])[N+]1(C)[O-]. The van der Waals surface area contributed by atoms with Crippen molar-refractivity contribution in [1.29, 1.82) is 0 Å². The Labute approximate surface area is 104 Å². The molecule has 2 atom stereocenters. The molecule has 1 aromatic rings. The summed E-state index contributed by atoms with van der Waals surface area (Å²) in [5.41, 5.74) is -0.541. The Morgan fingerprint density at radius 1 is 1.65 bits per heavy atom. The molecule has 8 heteroatoms. The number of aliphatic hydroxyl groups is 1. The lowest BCUT2D eigenvalue weighted by Gasteiger charge is -2.37. The monoisotopic (exact) mass is 275 g/mol. The van der Waals surface area contributed by atoms with Crippen LogP contribution in [0.2, 0.25) is 0 Å². The molecule has 0 amide bonds. The molecule has 2 heterocycles. The highest BCUT2D eigenvalue weighted by Crippen LogP contribution is 2.42. The van der Waals surface area contributed by atoms with Crippen LogP contribution in [0.5, 0.6) is 0 Å². The van der Waals surface area contributed by atoms with Gasteiger partial charge in [0.2, 0.25) is 10.7 Å². The number of aliphatic hydroxyl groups excluding tert-OH is 1. The largest absolute Gasteiger partial charge is 0.581 e. The predicted molar refractivity (Wildman–Crippen MR) is 61.8 cm³/mol. The van der Waals surface area contributed by atoms with Crippen molar-refractivity contribution in [2.75, 3.05) is 14.2 Å². The van der Waals surface area contributed by atoms with E-state index in [0.29, 0.717) is 0 Å². The second-order valence-corrected chi connectivity index (χ2v) is 5.95. The number of hydrogen-bond donors (Lipinski definition) is 1. The number of hydrogen-bond acceptors (Lipinski definition) is 6. The number of ether oxygens (including phenoxy) is 1. The topological polar surface area (TPSA) is 92.7 Å². The van der Waals surface area contributed by atoms with Crippen LogP contribution in [0.3, 0.4) is 0 Å². The number of carbonyl (C=O) groups is 1. The molecule has 0 saturated heterocycles. The maximum Gasteiger partial charge on any atom is 0.401 e. The molecule has 0 aliphatic carbocycles. The molecular weight excluding hydrogens is 266 g/mol. The van der Waals surface area contributed by atoms with Crippen LogP contribution in [0, 0.1) is 5.21 Å². The Morgan fingerprint density at radius 2 is 2.29 bits per heavy atom. The summed E-state index contributed by atoms with van der Waals surface area (Å²) in [4.78, 5) is 12.0. The van der Waals surface area contributed by atoms with Crippen molar-refractivity contribution in [1.82, 2.24) is 0 Å². The zero-order valence-corrected chi connectivity index (χ0v) is 10.6. The second kappa shape index (κ2) is 4.00. The van der Waals surface area contributed by atoms with Crippen LogP contribution in [0.1, 0.15) is 4.88 Å². The Hall–Kier alpha value is -1.06.